The Labute approximate surface area is 193 Å². The molecule has 0 spiro atoms. The summed E-state index contributed by atoms with van der Waals surface area (Å²) in [6.45, 7) is -3.88. The molecular weight excluding hydrogens is 489 g/mol. The molecule has 15 heteroatoms. The molecule has 0 radical (unpaired) electrons. The zero-order chi connectivity index (χ0) is 25.2. The number of aromatic nitrogens is 5. The lowest BCUT2D eigenvalue weighted by molar-refractivity contribution is -0.168. The summed E-state index contributed by atoms with van der Waals surface area (Å²) < 4.78 is 102. The molecule has 0 unspecified atom stereocenters. The first kappa shape index (κ1) is 24.9. The van der Waals surface area contributed by atoms with Crippen molar-refractivity contribution in [3.05, 3.63) is 36.4 Å². The zero-order valence-corrected chi connectivity index (χ0v) is 17.9. The van der Waals surface area contributed by atoms with E-state index < -0.39 is 49.2 Å². The van der Waals surface area contributed by atoms with Crippen molar-refractivity contribution < 1.29 is 40.2 Å². The molecule has 4 heterocycles. The topological polar surface area (TPSA) is 78.2 Å². The monoisotopic (exact) mass is 508 g/mol. The van der Waals surface area contributed by atoms with E-state index in [9.17, 15) is 30.7 Å². The lowest BCUT2D eigenvalue weighted by Gasteiger charge is -2.37. The van der Waals surface area contributed by atoms with Gasteiger partial charge < -0.3 is 14.4 Å². The SMILES string of the molecule is FC(F)Cn1ncc2ncc(N3C[C@H](COc4cccnc4C(F)(F)F)C[C@@H](OC(F)F)C3)nc21. The third kappa shape index (κ3) is 6.07. The van der Waals surface area contributed by atoms with Crippen LogP contribution in [0.4, 0.5) is 36.6 Å². The first-order valence-electron chi connectivity index (χ1n) is 10.4. The van der Waals surface area contributed by atoms with Gasteiger partial charge in [0.1, 0.15) is 23.6 Å². The van der Waals surface area contributed by atoms with Crippen LogP contribution >= 0.6 is 0 Å². The Kier molecular flexibility index (Phi) is 7.23. The van der Waals surface area contributed by atoms with Crippen LogP contribution < -0.4 is 9.64 Å². The van der Waals surface area contributed by atoms with Crippen molar-refractivity contribution in [2.24, 2.45) is 5.92 Å². The molecule has 1 aliphatic heterocycles. The van der Waals surface area contributed by atoms with Gasteiger partial charge in [0, 0.05) is 25.2 Å². The van der Waals surface area contributed by atoms with E-state index in [0.717, 1.165) is 16.9 Å². The normalized spacial score (nSPS) is 19.2. The van der Waals surface area contributed by atoms with Gasteiger partial charge in [-0.05, 0) is 18.6 Å². The van der Waals surface area contributed by atoms with E-state index in [1.807, 2.05) is 0 Å². The van der Waals surface area contributed by atoms with Gasteiger partial charge in [0.15, 0.2) is 11.3 Å². The fourth-order valence-corrected chi connectivity index (χ4v) is 3.89. The average Bonchev–Trinajstić information content (AvgIpc) is 3.18. The van der Waals surface area contributed by atoms with Crippen molar-refractivity contribution in [1.29, 1.82) is 0 Å². The molecule has 0 N–H and O–H groups in total. The molecule has 8 nitrogen and oxygen atoms in total. The van der Waals surface area contributed by atoms with Gasteiger partial charge in [-0.15, -0.1) is 0 Å². The molecule has 3 aromatic heterocycles. The first-order valence-corrected chi connectivity index (χ1v) is 10.4. The molecule has 1 aliphatic rings. The Morgan fingerprint density at radius 3 is 2.60 bits per heavy atom. The van der Waals surface area contributed by atoms with Crippen LogP contribution in [0.2, 0.25) is 0 Å². The van der Waals surface area contributed by atoms with Crippen molar-refractivity contribution in [1.82, 2.24) is 24.7 Å². The van der Waals surface area contributed by atoms with E-state index >= 15 is 0 Å². The zero-order valence-electron chi connectivity index (χ0n) is 17.9. The van der Waals surface area contributed by atoms with Gasteiger partial charge in [-0.25, -0.2) is 28.4 Å². The molecule has 0 saturated carbocycles. The molecule has 0 amide bonds. The number of hydrogen-bond donors (Lipinski definition) is 0. The van der Waals surface area contributed by atoms with Crippen molar-refractivity contribution in [2.75, 3.05) is 24.6 Å². The van der Waals surface area contributed by atoms with E-state index in [0.29, 0.717) is 0 Å². The van der Waals surface area contributed by atoms with Crippen LogP contribution in [0.15, 0.2) is 30.7 Å². The van der Waals surface area contributed by atoms with Gasteiger partial charge in [0.05, 0.1) is 25.1 Å². The molecule has 1 saturated heterocycles. The third-order valence-corrected chi connectivity index (χ3v) is 5.28. The number of rotatable bonds is 8. The molecule has 0 bridgehead atoms. The maximum atomic E-state index is 13.2. The van der Waals surface area contributed by atoms with Gasteiger partial charge in [-0.1, -0.05) is 0 Å². The minimum atomic E-state index is -4.73. The minimum absolute atomic E-state index is 0.0231. The summed E-state index contributed by atoms with van der Waals surface area (Å²) in [4.78, 5) is 13.3. The predicted octanol–water partition coefficient (Wildman–Crippen LogP) is 4.02. The molecule has 4 rings (SSSR count). The second-order valence-electron chi connectivity index (χ2n) is 7.84. The highest BCUT2D eigenvalue weighted by Crippen LogP contribution is 2.35. The van der Waals surface area contributed by atoms with E-state index in [4.69, 9.17) is 4.74 Å². The number of halogens is 7. The maximum Gasteiger partial charge on any atom is 0.437 e. The van der Waals surface area contributed by atoms with Crippen molar-refractivity contribution in [3.8, 4) is 5.75 Å². The first-order chi connectivity index (χ1) is 16.6. The van der Waals surface area contributed by atoms with E-state index in [2.05, 4.69) is 24.8 Å². The number of alkyl halides is 7. The van der Waals surface area contributed by atoms with Crippen LogP contribution in [-0.4, -0.2) is 63.6 Å². The summed E-state index contributed by atoms with van der Waals surface area (Å²) in [6, 6.07) is 2.40. The highest BCUT2D eigenvalue weighted by molar-refractivity contribution is 5.71. The predicted molar refractivity (Wildman–Crippen MR) is 107 cm³/mol. The van der Waals surface area contributed by atoms with Gasteiger partial charge in [0.2, 0.25) is 0 Å². The quantitative estimate of drug-likeness (QED) is 0.426. The Bertz CT molecular complexity index is 1140. The Hall–Kier alpha value is -3.23. The van der Waals surface area contributed by atoms with E-state index in [-0.39, 0.29) is 43.1 Å². The molecule has 35 heavy (non-hydrogen) atoms. The fourth-order valence-electron chi connectivity index (χ4n) is 3.89. The number of hydrogen-bond acceptors (Lipinski definition) is 7. The van der Waals surface area contributed by atoms with Crippen LogP contribution in [0.3, 0.4) is 0 Å². The van der Waals surface area contributed by atoms with Crippen LogP contribution in [0.25, 0.3) is 11.2 Å². The fraction of sp³-hybridized carbons (Fsp3) is 0.500. The summed E-state index contributed by atoms with van der Waals surface area (Å²) in [6.07, 6.45) is -4.73. The number of nitrogens with zero attached hydrogens (tertiary/aromatic N) is 6. The van der Waals surface area contributed by atoms with Gasteiger partial charge in [-0.2, -0.15) is 27.1 Å². The summed E-state index contributed by atoms with van der Waals surface area (Å²) in [5.74, 6) is -0.823. The maximum absolute atomic E-state index is 13.2. The molecule has 2 atom stereocenters. The second-order valence-corrected chi connectivity index (χ2v) is 7.84. The Morgan fingerprint density at radius 1 is 1.09 bits per heavy atom. The number of anilines is 1. The summed E-state index contributed by atoms with van der Waals surface area (Å²) >= 11 is 0. The molecular formula is C20H19F7N6O2. The van der Waals surface area contributed by atoms with Crippen LogP contribution in [0.5, 0.6) is 5.75 Å². The van der Waals surface area contributed by atoms with Gasteiger partial charge >= 0.3 is 12.8 Å². The highest BCUT2D eigenvalue weighted by atomic mass is 19.4. The second kappa shape index (κ2) is 10.2. The molecule has 0 aliphatic carbocycles. The molecule has 0 aromatic carbocycles. The van der Waals surface area contributed by atoms with Crippen molar-refractivity contribution in [3.63, 3.8) is 0 Å². The lowest BCUT2D eigenvalue weighted by atomic mass is 9.96. The number of fused-ring (bicyclic) bond motifs is 1. The van der Waals surface area contributed by atoms with Crippen molar-refractivity contribution in [2.45, 2.75) is 38.3 Å². The molecule has 3 aromatic rings. The summed E-state index contributed by atoms with van der Waals surface area (Å²) in [5.41, 5.74) is -0.850. The Balaban J connectivity index is 1.55. The molecule has 190 valence electrons. The van der Waals surface area contributed by atoms with E-state index in [1.165, 1.54) is 18.5 Å². The van der Waals surface area contributed by atoms with Crippen molar-refractivity contribution >= 4 is 17.0 Å². The number of ether oxygens (including phenoxy) is 2. The smallest absolute Gasteiger partial charge is 0.437 e. The van der Waals surface area contributed by atoms with Crippen LogP contribution in [0.1, 0.15) is 12.1 Å². The van der Waals surface area contributed by atoms with Crippen LogP contribution in [0, 0.1) is 5.92 Å². The Morgan fingerprint density at radius 2 is 1.89 bits per heavy atom. The lowest BCUT2D eigenvalue weighted by Crippen LogP contribution is -2.47. The van der Waals surface area contributed by atoms with E-state index in [1.54, 1.807) is 4.90 Å². The largest absolute Gasteiger partial charge is 0.491 e. The number of pyridine rings is 1. The summed E-state index contributed by atoms with van der Waals surface area (Å²) in [5, 5.41) is 3.83. The average molecular weight is 508 g/mol. The van der Waals surface area contributed by atoms with Crippen LogP contribution in [-0.2, 0) is 17.5 Å². The standard InChI is InChI=1S/C20H19F7N6O2/c21-15(22)9-33-18-13(5-30-33)29-6-16(31-18)32-7-11(4-12(8-32)35-19(23)24)10-34-14-2-1-3-28-17(14)20(25,26)27/h1-3,5-6,11-12,15,19H,4,7-10H2/t11-,12-/m1/s1. The minimum Gasteiger partial charge on any atom is -0.491 e. The highest BCUT2D eigenvalue weighted by Gasteiger charge is 2.37. The third-order valence-electron chi connectivity index (χ3n) is 5.28. The summed E-state index contributed by atoms with van der Waals surface area (Å²) in [7, 11) is 0. The van der Waals surface area contributed by atoms with Gasteiger partial charge in [-0.3, -0.25) is 0 Å². The van der Waals surface area contributed by atoms with Gasteiger partial charge in [0.25, 0.3) is 6.43 Å². The number of piperidine rings is 1. The molecule has 1 fully saturated rings.